The molecule has 1 N–H and O–H groups in total. The first-order valence-corrected chi connectivity index (χ1v) is 14.3. The molecule has 0 saturated carbocycles. The highest BCUT2D eigenvalue weighted by Gasteiger charge is 2.37. The minimum absolute atomic E-state index is 0.00866. The van der Waals surface area contributed by atoms with E-state index in [1.165, 1.54) is 13.2 Å². The van der Waals surface area contributed by atoms with Gasteiger partial charge in [-0.25, -0.2) is 0 Å². The van der Waals surface area contributed by atoms with Gasteiger partial charge in [-0.3, -0.25) is 19.3 Å². The molecule has 12 heteroatoms. The lowest BCUT2D eigenvalue weighted by Gasteiger charge is -2.16. The number of hydrogen-bond donors (Lipinski definition) is 1. The molecule has 220 valence electrons. The normalized spacial score (nSPS) is 14.4. The zero-order valence-electron chi connectivity index (χ0n) is 22.4. The average molecular weight is 671 g/mol. The summed E-state index contributed by atoms with van der Waals surface area (Å²) in [6.07, 6.45) is -3.13. The number of amides is 3. The summed E-state index contributed by atoms with van der Waals surface area (Å²) in [5, 5.41) is 3.86. The zero-order chi connectivity index (χ0) is 30.7. The Morgan fingerprint density at radius 1 is 0.977 bits per heavy atom. The molecular formula is C31H22BrF3N2O5S. The third-order valence-corrected chi connectivity index (χ3v) is 7.97. The van der Waals surface area contributed by atoms with Crippen molar-refractivity contribution in [2.75, 3.05) is 19.0 Å². The molecule has 1 saturated heterocycles. The Bertz CT molecular complexity index is 1780. The van der Waals surface area contributed by atoms with Gasteiger partial charge in [-0.05, 0) is 92.1 Å². The number of benzene rings is 4. The van der Waals surface area contributed by atoms with E-state index in [0.717, 1.165) is 39.4 Å². The van der Waals surface area contributed by atoms with Crippen molar-refractivity contribution in [2.45, 2.75) is 12.8 Å². The number of carbonyl (C=O) groups excluding carboxylic acids is 3. The first kappa shape index (κ1) is 30.2. The second-order valence-corrected chi connectivity index (χ2v) is 11.2. The Morgan fingerprint density at radius 2 is 1.72 bits per heavy atom. The van der Waals surface area contributed by atoms with Crippen molar-refractivity contribution in [1.29, 1.82) is 0 Å². The van der Waals surface area contributed by atoms with Crippen LogP contribution in [0.15, 0.2) is 88.2 Å². The highest BCUT2D eigenvalue weighted by Crippen LogP contribution is 2.36. The van der Waals surface area contributed by atoms with Crippen molar-refractivity contribution < 1.29 is 37.0 Å². The molecule has 7 nitrogen and oxygen atoms in total. The first-order chi connectivity index (χ1) is 20.5. The number of anilines is 1. The van der Waals surface area contributed by atoms with Crippen LogP contribution in [0.5, 0.6) is 11.5 Å². The van der Waals surface area contributed by atoms with Gasteiger partial charge in [0.05, 0.1) is 27.7 Å². The molecule has 5 rings (SSSR count). The lowest BCUT2D eigenvalue weighted by molar-refractivity contribution is -0.137. The average Bonchev–Trinajstić information content (AvgIpc) is 3.23. The summed E-state index contributed by atoms with van der Waals surface area (Å²) in [4.78, 5) is 38.9. The Hall–Kier alpha value is -4.29. The fourth-order valence-corrected chi connectivity index (χ4v) is 5.67. The van der Waals surface area contributed by atoms with Crippen molar-refractivity contribution in [1.82, 2.24) is 4.90 Å². The standard InChI is InChI=1S/C31H22BrF3N2O5S/c1-41-26-11-9-22(31(33,34)35)15-24(26)36-28(38)16-37-29(39)27(43-30(37)40)14-18-7-10-25(23(32)13-18)42-17-19-6-8-20-4-2-3-5-21(20)12-19/h2-15H,16-17H2,1H3,(H,36,38)/b27-14-. The minimum Gasteiger partial charge on any atom is -0.495 e. The molecule has 1 aliphatic rings. The maximum absolute atomic E-state index is 13.1. The van der Waals surface area contributed by atoms with Crippen molar-refractivity contribution in [2.24, 2.45) is 0 Å². The minimum atomic E-state index is -4.64. The number of methoxy groups -OCH3 is 1. The van der Waals surface area contributed by atoms with Crippen LogP contribution in [0.25, 0.3) is 16.8 Å². The quantitative estimate of drug-likeness (QED) is 0.192. The van der Waals surface area contributed by atoms with E-state index < -0.39 is 35.3 Å². The van der Waals surface area contributed by atoms with Gasteiger partial charge in [0.2, 0.25) is 5.91 Å². The molecule has 1 heterocycles. The van der Waals surface area contributed by atoms with Gasteiger partial charge in [0, 0.05) is 0 Å². The van der Waals surface area contributed by atoms with Gasteiger partial charge in [0.15, 0.2) is 0 Å². The van der Waals surface area contributed by atoms with Crippen LogP contribution < -0.4 is 14.8 Å². The van der Waals surface area contributed by atoms with E-state index in [2.05, 4.69) is 27.3 Å². The van der Waals surface area contributed by atoms with Crippen LogP contribution in [-0.2, 0) is 22.4 Å². The lowest BCUT2D eigenvalue weighted by Crippen LogP contribution is -2.36. The molecule has 43 heavy (non-hydrogen) atoms. The fraction of sp³-hybridized carbons (Fsp3) is 0.129. The van der Waals surface area contributed by atoms with Gasteiger partial charge in [-0.2, -0.15) is 13.2 Å². The third-order valence-electron chi connectivity index (χ3n) is 6.44. The van der Waals surface area contributed by atoms with Crippen LogP contribution in [0.2, 0.25) is 0 Å². The Morgan fingerprint density at radius 3 is 2.44 bits per heavy atom. The van der Waals surface area contributed by atoms with E-state index in [-0.39, 0.29) is 16.3 Å². The topological polar surface area (TPSA) is 84.9 Å². The summed E-state index contributed by atoms with van der Waals surface area (Å²) in [7, 11) is 1.24. The zero-order valence-corrected chi connectivity index (χ0v) is 24.8. The summed E-state index contributed by atoms with van der Waals surface area (Å²) in [5.41, 5.74) is 0.374. The number of fused-ring (bicyclic) bond motifs is 1. The van der Waals surface area contributed by atoms with Crippen molar-refractivity contribution in [3.05, 3.63) is 105 Å². The van der Waals surface area contributed by atoms with E-state index in [1.807, 2.05) is 36.4 Å². The van der Waals surface area contributed by atoms with E-state index in [9.17, 15) is 27.6 Å². The monoisotopic (exact) mass is 670 g/mol. The molecule has 1 fully saturated rings. The van der Waals surface area contributed by atoms with Crippen LogP contribution in [0.1, 0.15) is 16.7 Å². The molecule has 4 aromatic carbocycles. The highest BCUT2D eigenvalue weighted by molar-refractivity contribution is 9.10. The van der Waals surface area contributed by atoms with Crippen LogP contribution in [0.3, 0.4) is 0 Å². The smallest absolute Gasteiger partial charge is 0.416 e. The number of halogens is 4. The molecule has 0 unspecified atom stereocenters. The number of ether oxygens (including phenoxy) is 2. The second kappa shape index (κ2) is 12.5. The van der Waals surface area contributed by atoms with Gasteiger partial charge in [0.25, 0.3) is 11.1 Å². The van der Waals surface area contributed by atoms with Crippen LogP contribution >= 0.6 is 27.7 Å². The van der Waals surface area contributed by atoms with E-state index >= 15 is 0 Å². The molecule has 4 aromatic rings. The number of hydrogen-bond acceptors (Lipinski definition) is 6. The Balaban J connectivity index is 1.23. The van der Waals surface area contributed by atoms with Crippen LogP contribution in [0, 0.1) is 0 Å². The van der Waals surface area contributed by atoms with Crippen LogP contribution in [0.4, 0.5) is 23.7 Å². The van der Waals surface area contributed by atoms with E-state index in [4.69, 9.17) is 9.47 Å². The molecule has 3 amide bonds. The molecular weight excluding hydrogens is 649 g/mol. The molecule has 1 aliphatic heterocycles. The highest BCUT2D eigenvalue weighted by atomic mass is 79.9. The predicted molar refractivity (Wildman–Crippen MR) is 162 cm³/mol. The van der Waals surface area contributed by atoms with E-state index in [1.54, 1.807) is 18.2 Å². The van der Waals surface area contributed by atoms with Crippen molar-refractivity contribution >= 4 is 67.3 Å². The Kier molecular flexibility index (Phi) is 8.79. The number of nitrogens with zero attached hydrogens (tertiary/aromatic N) is 1. The summed E-state index contributed by atoms with van der Waals surface area (Å²) < 4.78 is 51.0. The molecule has 0 bridgehead atoms. The van der Waals surface area contributed by atoms with Gasteiger partial charge >= 0.3 is 6.18 Å². The summed E-state index contributed by atoms with van der Waals surface area (Å²) >= 11 is 4.14. The third kappa shape index (κ3) is 7.03. The second-order valence-electron chi connectivity index (χ2n) is 9.39. The number of thioether (sulfide) groups is 1. The maximum atomic E-state index is 13.1. The number of nitrogens with one attached hydrogen (secondary N) is 1. The summed E-state index contributed by atoms with van der Waals surface area (Å²) in [5.74, 6) is -0.989. The molecule has 0 aliphatic carbocycles. The number of imide groups is 1. The van der Waals surface area contributed by atoms with Gasteiger partial charge in [0.1, 0.15) is 24.7 Å². The Labute approximate surface area is 256 Å². The van der Waals surface area contributed by atoms with Crippen LogP contribution in [-0.4, -0.2) is 35.6 Å². The number of alkyl halides is 3. The van der Waals surface area contributed by atoms with Gasteiger partial charge < -0.3 is 14.8 Å². The molecule has 0 atom stereocenters. The number of carbonyl (C=O) groups is 3. The van der Waals surface area contributed by atoms with E-state index in [0.29, 0.717) is 34.2 Å². The molecule has 0 radical (unpaired) electrons. The largest absolute Gasteiger partial charge is 0.495 e. The number of rotatable bonds is 8. The van der Waals surface area contributed by atoms with Crippen molar-refractivity contribution in [3.63, 3.8) is 0 Å². The summed E-state index contributed by atoms with van der Waals surface area (Å²) in [6, 6.07) is 21.9. The van der Waals surface area contributed by atoms with Crippen molar-refractivity contribution in [3.8, 4) is 11.5 Å². The molecule has 0 spiro atoms. The molecule has 0 aromatic heterocycles. The fourth-order valence-electron chi connectivity index (χ4n) is 4.32. The maximum Gasteiger partial charge on any atom is 0.416 e. The van der Waals surface area contributed by atoms with Gasteiger partial charge in [-0.1, -0.05) is 42.5 Å². The first-order valence-electron chi connectivity index (χ1n) is 12.7. The van der Waals surface area contributed by atoms with Gasteiger partial charge in [-0.15, -0.1) is 0 Å². The predicted octanol–water partition coefficient (Wildman–Crippen LogP) is 7.88. The SMILES string of the molecule is COc1ccc(C(F)(F)F)cc1NC(=O)CN1C(=O)S/C(=C\c2ccc(OCc3ccc4ccccc4c3)c(Br)c2)C1=O. The lowest BCUT2D eigenvalue weighted by atomic mass is 10.1. The summed E-state index contributed by atoms with van der Waals surface area (Å²) in [6.45, 7) is -0.344.